The van der Waals surface area contributed by atoms with Crippen LogP contribution in [-0.2, 0) is 6.54 Å². The molecule has 0 saturated heterocycles. The van der Waals surface area contributed by atoms with Crippen LogP contribution in [0.4, 0.5) is 4.79 Å². The lowest BCUT2D eigenvalue weighted by molar-refractivity contribution is 0.236. The van der Waals surface area contributed by atoms with Crippen molar-refractivity contribution >= 4 is 17.0 Å². The molecule has 0 aliphatic carbocycles. The molecule has 0 aliphatic rings. The molecule has 7 nitrogen and oxygen atoms in total. The van der Waals surface area contributed by atoms with Crippen molar-refractivity contribution in [1.82, 2.24) is 10.6 Å². The van der Waals surface area contributed by atoms with Gasteiger partial charge in [-0.2, -0.15) is 0 Å². The maximum atomic E-state index is 12.3. The van der Waals surface area contributed by atoms with Crippen LogP contribution in [0.5, 0.6) is 17.2 Å². The molecule has 1 aromatic heterocycles. The van der Waals surface area contributed by atoms with Gasteiger partial charge < -0.3 is 29.3 Å². The van der Waals surface area contributed by atoms with Gasteiger partial charge in [-0.05, 0) is 36.8 Å². The predicted molar refractivity (Wildman–Crippen MR) is 106 cm³/mol. The fraction of sp³-hybridized carbons (Fsp3) is 0.286. The number of para-hydroxylation sites is 1. The molecular weight excluding hydrogens is 360 g/mol. The van der Waals surface area contributed by atoms with Crippen LogP contribution in [0.2, 0.25) is 0 Å². The van der Waals surface area contributed by atoms with Crippen molar-refractivity contribution in [2.45, 2.75) is 19.5 Å². The molecular formula is C21H24N2O5. The fourth-order valence-electron chi connectivity index (χ4n) is 2.95. The standard InChI is InChI=1S/C21H24N2O5/c1-13(17-11-15-7-5-6-8-16(15)28-17)23-21(24)22-12-14-9-18(25-2)20(27-4)19(10-14)26-3/h5-11,13H,12H2,1-4H3,(H2,22,23,24)/t13-/m0/s1. The van der Waals surface area contributed by atoms with Gasteiger partial charge in [0.1, 0.15) is 11.3 Å². The Labute approximate surface area is 163 Å². The third kappa shape index (κ3) is 4.14. The van der Waals surface area contributed by atoms with Gasteiger partial charge in [0.05, 0.1) is 27.4 Å². The average Bonchev–Trinajstić information content (AvgIpc) is 3.15. The summed E-state index contributed by atoms with van der Waals surface area (Å²) in [5.74, 6) is 2.28. The number of carbonyl (C=O) groups is 1. The number of methoxy groups -OCH3 is 3. The van der Waals surface area contributed by atoms with E-state index in [1.165, 1.54) is 0 Å². The first-order valence-electron chi connectivity index (χ1n) is 8.87. The van der Waals surface area contributed by atoms with Gasteiger partial charge in [-0.25, -0.2) is 4.79 Å². The molecule has 0 spiro atoms. The largest absolute Gasteiger partial charge is 0.493 e. The highest BCUT2D eigenvalue weighted by molar-refractivity contribution is 5.78. The second-order valence-corrected chi connectivity index (χ2v) is 6.27. The molecule has 0 fully saturated rings. The Morgan fingerprint density at radius 2 is 1.71 bits per heavy atom. The van der Waals surface area contributed by atoms with E-state index < -0.39 is 0 Å². The lowest BCUT2D eigenvalue weighted by Gasteiger charge is -2.15. The molecule has 0 saturated carbocycles. The zero-order valence-corrected chi connectivity index (χ0v) is 16.4. The van der Waals surface area contributed by atoms with Gasteiger partial charge in [0.15, 0.2) is 11.5 Å². The second-order valence-electron chi connectivity index (χ2n) is 6.27. The Hall–Kier alpha value is -3.35. The lowest BCUT2D eigenvalue weighted by Crippen LogP contribution is -2.36. The highest BCUT2D eigenvalue weighted by atomic mass is 16.5. The second kappa shape index (κ2) is 8.56. The molecule has 2 N–H and O–H groups in total. The first-order valence-corrected chi connectivity index (χ1v) is 8.87. The lowest BCUT2D eigenvalue weighted by atomic mass is 10.2. The maximum absolute atomic E-state index is 12.3. The van der Waals surface area contributed by atoms with Crippen LogP contribution in [-0.4, -0.2) is 27.4 Å². The van der Waals surface area contributed by atoms with Gasteiger partial charge in [-0.15, -0.1) is 0 Å². The van der Waals surface area contributed by atoms with Crippen molar-refractivity contribution in [1.29, 1.82) is 0 Å². The Morgan fingerprint density at radius 3 is 2.32 bits per heavy atom. The number of furan rings is 1. The SMILES string of the molecule is COc1cc(CNC(=O)N[C@@H](C)c2cc3ccccc3o2)cc(OC)c1OC. The van der Waals surface area contributed by atoms with Crippen molar-refractivity contribution in [3.05, 3.63) is 53.8 Å². The summed E-state index contributed by atoms with van der Waals surface area (Å²) in [7, 11) is 4.65. The average molecular weight is 384 g/mol. The van der Waals surface area contributed by atoms with Gasteiger partial charge in [0.2, 0.25) is 5.75 Å². The monoisotopic (exact) mass is 384 g/mol. The van der Waals surface area contributed by atoms with Crippen molar-refractivity contribution < 1.29 is 23.4 Å². The van der Waals surface area contributed by atoms with Gasteiger partial charge in [0.25, 0.3) is 0 Å². The summed E-state index contributed by atoms with van der Waals surface area (Å²) >= 11 is 0. The zero-order chi connectivity index (χ0) is 20.1. The molecule has 2 amide bonds. The molecule has 1 heterocycles. The topological polar surface area (TPSA) is 82.0 Å². The van der Waals surface area contributed by atoms with Gasteiger partial charge in [-0.3, -0.25) is 0 Å². The summed E-state index contributed by atoms with van der Waals surface area (Å²) in [6.07, 6.45) is 0. The number of rotatable bonds is 7. The number of urea groups is 1. The highest BCUT2D eigenvalue weighted by Crippen LogP contribution is 2.38. The van der Waals surface area contributed by atoms with E-state index in [1.54, 1.807) is 33.5 Å². The van der Waals surface area contributed by atoms with Crippen molar-refractivity contribution in [3.63, 3.8) is 0 Å². The Balaban J connectivity index is 1.63. The van der Waals surface area contributed by atoms with E-state index in [2.05, 4.69) is 10.6 Å². The predicted octanol–water partition coefficient (Wildman–Crippen LogP) is 4.02. The maximum Gasteiger partial charge on any atom is 0.315 e. The van der Waals surface area contributed by atoms with E-state index in [4.69, 9.17) is 18.6 Å². The summed E-state index contributed by atoms with van der Waals surface area (Å²) in [6.45, 7) is 2.17. The summed E-state index contributed by atoms with van der Waals surface area (Å²) in [5.41, 5.74) is 1.62. The summed E-state index contributed by atoms with van der Waals surface area (Å²) in [6, 6.07) is 12.7. The number of hydrogen-bond donors (Lipinski definition) is 2. The number of benzene rings is 2. The minimum absolute atomic E-state index is 0.271. The number of hydrogen-bond acceptors (Lipinski definition) is 5. The van der Waals surface area contributed by atoms with Crippen LogP contribution < -0.4 is 24.8 Å². The first kappa shape index (κ1) is 19.4. The number of nitrogens with one attached hydrogen (secondary N) is 2. The first-order chi connectivity index (χ1) is 13.5. The van der Waals surface area contributed by atoms with E-state index in [9.17, 15) is 4.79 Å². The van der Waals surface area contributed by atoms with Crippen LogP contribution in [0, 0.1) is 0 Å². The molecule has 0 bridgehead atoms. The van der Waals surface area contributed by atoms with Gasteiger partial charge in [0, 0.05) is 11.9 Å². The number of carbonyl (C=O) groups excluding carboxylic acids is 1. The van der Waals surface area contributed by atoms with Gasteiger partial charge in [-0.1, -0.05) is 18.2 Å². The fourth-order valence-corrected chi connectivity index (χ4v) is 2.95. The highest BCUT2D eigenvalue weighted by Gasteiger charge is 2.16. The van der Waals surface area contributed by atoms with Crippen molar-refractivity contribution in [2.75, 3.05) is 21.3 Å². The van der Waals surface area contributed by atoms with Crippen LogP contribution in [0.3, 0.4) is 0 Å². The molecule has 2 aromatic carbocycles. The molecule has 148 valence electrons. The Bertz CT molecular complexity index is 908. The third-order valence-corrected chi connectivity index (χ3v) is 4.40. The number of fused-ring (bicyclic) bond motifs is 1. The molecule has 7 heteroatoms. The number of ether oxygens (including phenoxy) is 3. The van der Waals surface area contributed by atoms with Gasteiger partial charge >= 0.3 is 6.03 Å². The molecule has 0 aliphatic heterocycles. The van der Waals surface area contributed by atoms with Crippen LogP contribution in [0.1, 0.15) is 24.3 Å². The smallest absolute Gasteiger partial charge is 0.315 e. The molecule has 3 aromatic rings. The van der Waals surface area contributed by atoms with E-state index in [0.717, 1.165) is 16.5 Å². The third-order valence-electron chi connectivity index (χ3n) is 4.40. The number of amides is 2. The van der Waals surface area contributed by atoms with E-state index in [-0.39, 0.29) is 12.1 Å². The Kier molecular flexibility index (Phi) is 5.93. The minimum atomic E-state index is -0.304. The van der Waals surface area contributed by atoms with Crippen molar-refractivity contribution in [3.8, 4) is 17.2 Å². The normalized spacial score (nSPS) is 11.7. The van der Waals surface area contributed by atoms with Crippen LogP contribution in [0.25, 0.3) is 11.0 Å². The Morgan fingerprint density at radius 1 is 1.04 bits per heavy atom. The molecule has 3 rings (SSSR count). The van der Waals surface area contributed by atoms with Crippen LogP contribution in [0.15, 0.2) is 46.9 Å². The summed E-state index contributed by atoms with van der Waals surface area (Å²) in [4.78, 5) is 12.3. The summed E-state index contributed by atoms with van der Waals surface area (Å²) in [5, 5.41) is 6.71. The van der Waals surface area contributed by atoms with Crippen LogP contribution >= 0.6 is 0 Å². The molecule has 0 radical (unpaired) electrons. The molecule has 0 unspecified atom stereocenters. The molecule has 1 atom stereocenters. The quantitative estimate of drug-likeness (QED) is 0.643. The zero-order valence-electron chi connectivity index (χ0n) is 16.4. The van der Waals surface area contributed by atoms with Crippen molar-refractivity contribution in [2.24, 2.45) is 0 Å². The van der Waals surface area contributed by atoms with E-state index >= 15 is 0 Å². The van der Waals surface area contributed by atoms with E-state index in [0.29, 0.717) is 29.6 Å². The summed E-state index contributed by atoms with van der Waals surface area (Å²) < 4.78 is 21.8. The molecule has 28 heavy (non-hydrogen) atoms. The van der Waals surface area contributed by atoms with E-state index in [1.807, 2.05) is 37.3 Å². The minimum Gasteiger partial charge on any atom is -0.493 e.